The molecule has 2 fully saturated rings. The zero-order valence-corrected chi connectivity index (χ0v) is 12.8. The average molecular weight is 336 g/mol. The van der Waals surface area contributed by atoms with Crippen molar-refractivity contribution in [1.82, 2.24) is 0 Å². The van der Waals surface area contributed by atoms with Gasteiger partial charge in [-0.15, -0.1) is 0 Å². The number of halogens is 1. The molecule has 0 heterocycles. The molecule has 3 rings (SSSR count). The summed E-state index contributed by atoms with van der Waals surface area (Å²) in [5.74, 6) is -0.0485. The highest BCUT2D eigenvalue weighted by molar-refractivity contribution is 9.10. The van der Waals surface area contributed by atoms with Crippen LogP contribution >= 0.6 is 15.9 Å². The molecule has 0 unspecified atom stereocenters. The lowest BCUT2D eigenvalue weighted by Crippen LogP contribution is -2.28. The second kappa shape index (κ2) is 5.60. The van der Waals surface area contributed by atoms with E-state index in [-0.39, 0.29) is 0 Å². The maximum absolute atomic E-state index is 10.6. The lowest BCUT2D eigenvalue weighted by Gasteiger charge is -2.26. The van der Waals surface area contributed by atoms with E-state index in [2.05, 4.69) is 26.9 Å². The van der Waals surface area contributed by atoms with E-state index in [4.69, 9.17) is 5.11 Å². The quantitative estimate of drug-likeness (QED) is 0.801. The molecule has 2 saturated carbocycles. The lowest BCUT2D eigenvalue weighted by atomic mass is 10.1. The van der Waals surface area contributed by atoms with E-state index in [0.717, 1.165) is 22.5 Å². The van der Waals surface area contributed by atoms with Gasteiger partial charge in [0.05, 0.1) is 5.69 Å². The monoisotopic (exact) mass is 335 g/mol. The summed E-state index contributed by atoms with van der Waals surface area (Å²) >= 11 is 3.64. The Bertz CT molecular complexity index is 547. The maximum Gasteiger partial charge on any atom is 0.328 e. The number of aliphatic carboxylic acids is 1. The Hall–Kier alpha value is -1.29. The Morgan fingerprint density at radius 1 is 1.35 bits per heavy atom. The van der Waals surface area contributed by atoms with Gasteiger partial charge in [-0.3, -0.25) is 0 Å². The van der Waals surface area contributed by atoms with Gasteiger partial charge in [0.1, 0.15) is 0 Å². The van der Waals surface area contributed by atoms with Crippen LogP contribution in [0.25, 0.3) is 6.08 Å². The summed E-state index contributed by atoms with van der Waals surface area (Å²) in [6.45, 7) is 1.16. The molecule has 0 spiro atoms. The van der Waals surface area contributed by atoms with Gasteiger partial charge in [-0.1, -0.05) is 6.07 Å². The number of rotatable bonds is 6. The van der Waals surface area contributed by atoms with Crippen molar-refractivity contribution >= 4 is 33.7 Å². The van der Waals surface area contributed by atoms with Crippen molar-refractivity contribution in [2.75, 3.05) is 11.4 Å². The van der Waals surface area contributed by atoms with Crippen LogP contribution in [0, 0.1) is 5.92 Å². The van der Waals surface area contributed by atoms with Crippen molar-refractivity contribution in [3.05, 3.63) is 34.3 Å². The molecular weight excluding hydrogens is 318 g/mol. The van der Waals surface area contributed by atoms with Crippen LogP contribution in [-0.4, -0.2) is 23.7 Å². The largest absolute Gasteiger partial charge is 0.478 e. The Morgan fingerprint density at radius 3 is 2.65 bits per heavy atom. The second-order valence-corrected chi connectivity index (χ2v) is 6.56. The highest BCUT2D eigenvalue weighted by Crippen LogP contribution is 2.40. The Morgan fingerprint density at radius 2 is 2.10 bits per heavy atom. The summed E-state index contributed by atoms with van der Waals surface area (Å²) in [7, 11) is 0. The number of carboxylic acids is 1. The van der Waals surface area contributed by atoms with E-state index < -0.39 is 5.97 Å². The molecule has 0 saturated heterocycles. The van der Waals surface area contributed by atoms with Crippen molar-refractivity contribution < 1.29 is 9.90 Å². The van der Waals surface area contributed by atoms with Gasteiger partial charge in [-0.2, -0.15) is 0 Å². The van der Waals surface area contributed by atoms with Crippen LogP contribution in [0.1, 0.15) is 31.2 Å². The molecule has 2 aliphatic rings. The van der Waals surface area contributed by atoms with Crippen molar-refractivity contribution in [3.63, 3.8) is 0 Å². The van der Waals surface area contributed by atoms with Crippen molar-refractivity contribution in [3.8, 4) is 0 Å². The number of hydrogen-bond acceptors (Lipinski definition) is 2. The molecule has 0 atom stereocenters. The van der Waals surface area contributed by atoms with Crippen LogP contribution in [0.2, 0.25) is 0 Å². The van der Waals surface area contributed by atoms with Crippen LogP contribution < -0.4 is 4.90 Å². The summed E-state index contributed by atoms with van der Waals surface area (Å²) < 4.78 is 1.05. The number of nitrogens with zero attached hydrogens (tertiary/aromatic N) is 1. The second-order valence-electron chi connectivity index (χ2n) is 5.71. The van der Waals surface area contributed by atoms with Crippen LogP contribution in [0.5, 0.6) is 0 Å². The van der Waals surface area contributed by atoms with E-state index in [1.165, 1.54) is 37.4 Å². The van der Waals surface area contributed by atoms with E-state index in [1.807, 2.05) is 12.1 Å². The van der Waals surface area contributed by atoms with Gasteiger partial charge in [0.15, 0.2) is 0 Å². The first kappa shape index (κ1) is 13.7. The van der Waals surface area contributed by atoms with Gasteiger partial charge in [-0.05, 0) is 71.3 Å². The first-order chi connectivity index (χ1) is 9.63. The van der Waals surface area contributed by atoms with E-state index >= 15 is 0 Å². The SMILES string of the molecule is O=C(O)/C=C/c1ccc(N(CC2CC2)C2CC2)c(Br)c1. The molecule has 20 heavy (non-hydrogen) atoms. The third kappa shape index (κ3) is 3.42. The molecule has 0 bridgehead atoms. The summed E-state index contributed by atoms with van der Waals surface area (Å²) in [6.07, 6.45) is 8.10. The Kier molecular flexibility index (Phi) is 3.83. The normalized spacial score (nSPS) is 18.4. The molecule has 4 heteroatoms. The van der Waals surface area contributed by atoms with Gasteiger partial charge in [-0.25, -0.2) is 4.79 Å². The fraction of sp³-hybridized carbons (Fsp3) is 0.438. The Labute approximate surface area is 127 Å². The summed E-state index contributed by atoms with van der Waals surface area (Å²) in [4.78, 5) is 13.1. The Balaban J connectivity index is 1.79. The number of carbonyl (C=O) groups is 1. The van der Waals surface area contributed by atoms with Crippen LogP contribution in [-0.2, 0) is 4.79 Å². The van der Waals surface area contributed by atoms with Crippen LogP contribution in [0.3, 0.4) is 0 Å². The summed E-state index contributed by atoms with van der Waals surface area (Å²) in [5.41, 5.74) is 2.15. The minimum atomic E-state index is -0.918. The molecular formula is C16H18BrNO2. The van der Waals surface area contributed by atoms with E-state index in [1.54, 1.807) is 6.08 Å². The topological polar surface area (TPSA) is 40.5 Å². The summed E-state index contributed by atoms with van der Waals surface area (Å²) in [5, 5.41) is 8.67. The number of hydrogen-bond donors (Lipinski definition) is 1. The highest BCUT2D eigenvalue weighted by atomic mass is 79.9. The van der Waals surface area contributed by atoms with Gasteiger partial charge < -0.3 is 10.0 Å². The van der Waals surface area contributed by atoms with E-state index in [0.29, 0.717) is 6.04 Å². The minimum Gasteiger partial charge on any atom is -0.478 e. The van der Waals surface area contributed by atoms with Crippen molar-refractivity contribution in [2.24, 2.45) is 5.92 Å². The van der Waals surface area contributed by atoms with Crippen LogP contribution in [0.15, 0.2) is 28.7 Å². The molecule has 1 aromatic carbocycles. The summed E-state index contributed by atoms with van der Waals surface area (Å²) in [6, 6.07) is 6.79. The number of benzene rings is 1. The standard InChI is InChI=1S/C16H18BrNO2/c17-14-9-11(4-8-16(19)20)3-7-15(14)18(13-5-6-13)10-12-1-2-12/h3-4,7-9,12-13H,1-2,5-6,10H2,(H,19,20)/b8-4+. The average Bonchev–Trinajstić information content (AvgIpc) is 3.26. The zero-order valence-electron chi connectivity index (χ0n) is 11.3. The van der Waals surface area contributed by atoms with Gasteiger partial charge in [0, 0.05) is 23.1 Å². The zero-order chi connectivity index (χ0) is 14.1. The molecule has 0 radical (unpaired) electrons. The molecule has 106 valence electrons. The van der Waals surface area contributed by atoms with Crippen molar-refractivity contribution in [2.45, 2.75) is 31.7 Å². The lowest BCUT2D eigenvalue weighted by molar-refractivity contribution is -0.131. The molecule has 0 aromatic heterocycles. The molecule has 0 aliphatic heterocycles. The van der Waals surface area contributed by atoms with Gasteiger partial charge >= 0.3 is 5.97 Å². The highest BCUT2D eigenvalue weighted by Gasteiger charge is 2.34. The van der Waals surface area contributed by atoms with Crippen LogP contribution in [0.4, 0.5) is 5.69 Å². The first-order valence-electron chi connectivity index (χ1n) is 7.10. The number of anilines is 1. The third-order valence-corrected chi connectivity index (χ3v) is 4.47. The first-order valence-corrected chi connectivity index (χ1v) is 7.90. The predicted molar refractivity (Wildman–Crippen MR) is 83.9 cm³/mol. The van der Waals surface area contributed by atoms with Crippen molar-refractivity contribution in [1.29, 1.82) is 0 Å². The molecule has 2 aliphatic carbocycles. The third-order valence-electron chi connectivity index (χ3n) is 3.84. The van der Waals surface area contributed by atoms with Gasteiger partial charge in [0.25, 0.3) is 0 Å². The molecule has 3 nitrogen and oxygen atoms in total. The molecule has 1 aromatic rings. The minimum absolute atomic E-state index is 0.701. The molecule has 1 N–H and O–H groups in total. The van der Waals surface area contributed by atoms with E-state index in [9.17, 15) is 4.79 Å². The smallest absolute Gasteiger partial charge is 0.328 e. The fourth-order valence-corrected chi connectivity index (χ4v) is 3.06. The fourth-order valence-electron chi connectivity index (χ4n) is 2.44. The van der Waals surface area contributed by atoms with Gasteiger partial charge in [0.2, 0.25) is 0 Å². The predicted octanol–water partition coefficient (Wildman–Crippen LogP) is 3.93. The number of carboxylic acid groups (broad SMARTS) is 1. The molecule has 0 amide bonds. The maximum atomic E-state index is 10.6.